The molecule has 0 bridgehead atoms. The molecule has 0 spiro atoms. The lowest BCUT2D eigenvalue weighted by molar-refractivity contribution is 0.0204. The molecule has 16 heavy (non-hydrogen) atoms. The first-order valence-corrected chi connectivity index (χ1v) is 5.52. The van der Waals surface area contributed by atoms with Gasteiger partial charge in [-0.25, -0.2) is 4.79 Å². The maximum Gasteiger partial charge on any atom is 0.410 e. The van der Waals surface area contributed by atoms with Crippen LogP contribution in [0.4, 0.5) is 4.79 Å². The second-order valence-electron chi connectivity index (χ2n) is 5.47. The van der Waals surface area contributed by atoms with Crippen LogP contribution in [0.2, 0.25) is 0 Å². The second-order valence-corrected chi connectivity index (χ2v) is 5.47. The summed E-state index contributed by atoms with van der Waals surface area (Å²) in [5.74, 6) is 0. The minimum atomic E-state index is -0.559. The summed E-state index contributed by atoms with van der Waals surface area (Å²) < 4.78 is 5.23. The van der Waals surface area contributed by atoms with E-state index >= 15 is 0 Å². The van der Waals surface area contributed by atoms with Crippen molar-refractivity contribution in [1.29, 1.82) is 0 Å². The van der Waals surface area contributed by atoms with Crippen LogP contribution in [0, 0.1) is 5.41 Å². The number of rotatable bonds is 2. The summed E-state index contributed by atoms with van der Waals surface area (Å²) in [4.78, 5) is 13.3. The maximum absolute atomic E-state index is 11.7. The Labute approximate surface area is 96.0 Å². The highest BCUT2D eigenvalue weighted by Gasteiger charge is 2.40. The minimum absolute atomic E-state index is 0.108. The van der Waals surface area contributed by atoms with E-state index in [4.69, 9.17) is 4.74 Å². The van der Waals surface area contributed by atoms with Gasteiger partial charge in [-0.2, -0.15) is 0 Å². The second kappa shape index (κ2) is 4.59. The first-order chi connectivity index (χ1) is 7.32. The Morgan fingerprint density at radius 1 is 1.38 bits per heavy atom. The molecule has 0 aliphatic carbocycles. The van der Waals surface area contributed by atoms with Crippen LogP contribution in [0.1, 0.15) is 27.2 Å². The summed E-state index contributed by atoms with van der Waals surface area (Å²) in [5, 5.41) is 18.4. The number of amides is 1. The summed E-state index contributed by atoms with van der Waals surface area (Å²) in [7, 11) is 0. The van der Waals surface area contributed by atoms with Crippen LogP contribution in [-0.4, -0.2) is 53.1 Å². The molecule has 1 aliphatic heterocycles. The standard InChI is InChI=1S/C11H21NO4/c1-10(2,3)16-9(15)12-5-4-11(6-12,7-13)8-14/h13-14H,4-8H2,1-3H3. The molecule has 5 heteroatoms. The van der Waals surface area contributed by atoms with Gasteiger partial charge in [0, 0.05) is 18.5 Å². The van der Waals surface area contributed by atoms with Crippen molar-refractivity contribution in [2.75, 3.05) is 26.3 Å². The third-order valence-electron chi connectivity index (χ3n) is 2.76. The van der Waals surface area contributed by atoms with Gasteiger partial charge in [0.25, 0.3) is 0 Å². The molecule has 0 saturated carbocycles. The first kappa shape index (κ1) is 13.3. The van der Waals surface area contributed by atoms with E-state index in [2.05, 4.69) is 0 Å². The van der Waals surface area contributed by atoms with Crippen LogP contribution in [0.15, 0.2) is 0 Å². The zero-order chi connectivity index (χ0) is 12.4. The summed E-state index contributed by atoms with van der Waals surface area (Å²) in [6.07, 6.45) is 0.232. The monoisotopic (exact) mass is 231 g/mol. The van der Waals surface area contributed by atoms with Crippen molar-refractivity contribution in [2.45, 2.75) is 32.8 Å². The summed E-state index contributed by atoms with van der Waals surface area (Å²) >= 11 is 0. The third-order valence-corrected chi connectivity index (χ3v) is 2.76. The van der Waals surface area contributed by atoms with Gasteiger partial charge in [0.15, 0.2) is 0 Å². The van der Waals surface area contributed by atoms with Gasteiger partial charge in [-0.05, 0) is 27.2 Å². The average Bonchev–Trinajstić information content (AvgIpc) is 2.60. The molecule has 0 aromatic rings. The fourth-order valence-electron chi connectivity index (χ4n) is 1.73. The molecule has 1 aliphatic rings. The molecule has 2 N–H and O–H groups in total. The van der Waals surface area contributed by atoms with Crippen LogP contribution >= 0.6 is 0 Å². The molecule has 1 amide bonds. The summed E-state index contributed by atoms with van der Waals surface area (Å²) in [6.45, 7) is 6.10. The molecule has 0 radical (unpaired) electrons. The molecule has 94 valence electrons. The molecule has 1 saturated heterocycles. The van der Waals surface area contributed by atoms with E-state index in [1.54, 1.807) is 0 Å². The number of hydrogen-bond acceptors (Lipinski definition) is 4. The highest BCUT2D eigenvalue weighted by atomic mass is 16.6. The zero-order valence-electron chi connectivity index (χ0n) is 10.2. The molecule has 1 heterocycles. The Bertz CT molecular complexity index is 255. The first-order valence-electron chi connectivity index (χ1n) is 5.52. The van der Waals surface area contributed by atoms with Crippen LogP contribution < -0.4 is 0 Å². The van der Waals surface area contributed by atoms with E-state index in [1.807, 2.05) is 20.8 Å². The SMILES string of the molecule is CC(C)(C)OC(=O)N1CCC(CO)(CO)C1. The lowest BCUT2D eigenvalue weighted by atomic mass is 9.89. The van der Waals surface area contributed by atoms with Gasteiger partial charge >= 0.3 is 6.09 Å². The highest BCUT2D eigenvalue weighted by molar-refractivity contribution is 5.68. The van der Waals surface area contributed by atoms with Crippen LogP contribution in [-0.2, 0) is 4.74 Å². The predicted octanol–water partition coefficient (Wildman–Crippen LogP) is 0.598. The van der Waals surface area contributed by atoms with Gasteiger partial charge < -0.3 is 19.8 Å². The predicted molar refractivity (Wildman–Crippen MR) is 59.0 cm³/mol. The number of carbonyl (C=O) groups is 1. The molecule has 1 fully saturated rings. The Balaban J connectivity index is 2.56. The van der Waals surface area contributed by atoms with Gasteiger partial charge in [-0.15, -0.1) is 0 Å². The smallest absolute Gasteiger partial charge is 0.410 e. The fourth-order valence-corrected chi connectivity index (χ4v) is 1.73. The molecule has 5 nitrogen and oxygen atoms in total. The van der Waals surface area contributed by atoms with E-state index in [0.717, 1.165) is 0 Å². The maximum atomic E-state index is 11.7. The van der Waals surface area contributed by atoms with Gasteiger partial charge in [0.1, 0.15) is 5.60 Å². The van der Waals surface area contributed by atoms with Crippen LogP contribution in [0.5, 0.6) is 0 Å². The number of carbonyl (C=O) groups excluding carboxylic acids is 1. The normalized spacial score (nSPS) is 19.9. The largest absolute Gasteiger partial charge is 0.444 e. The minimum Gasteiger partial charge on any atom is -0.444 e. The molecule has 1 rings (SSSR count). The van der Waals surface area contributed by atoms with E-state index < -0.39 is 11.0 Å². The molecular weight excluding hydrogens is 210 g/mol. The lowest BCUT2D eigenvalue weighted by Gasteiger charge is -2.27. The third kappa shape index (κ3) is 3.09. The van der Waals surface area contributed by atoms with Crippen molar-refractivity contribution in [3.05, 3.63) is 0 Å². The van der Waals surface area contributed by atoms with Gasteiger partial charge in [-0.3, -0.25) is 0 Å². The van der Waals surface area contributed by atoms with Crippen LogP contribution in [0.25, 0.3) is 0 Å². The Kier molecular flexibility index (Phi) is 3.80. The van der Waals surface area contributed by atoms with Crippen molar-refractivity contribution in [1.82, 2.24) is 4.90 Å². The number of nitrogens with zero attached hydrogens (tertiary/aromatic N) is 1. The van der Waals surface area contributed by atoms with E-state index in [9.17, 15) is 15.0 Å². The number of likely N-dealkylation sites (tertiary alicyclic amines) is 1. The number of aliphatic hydroxyl groups is 2. The quantitative estimate of drug-likeness (QED) is 0.730. The summed E-state index contributed by atoms with van der Waals surface area (Å²) in [6, 6.07) is 0. The van der Waals surface area contributed by atoms with Crippen molar-refractivity contribution in [3.8, 4) is 0 Å². The lowest BCUT2D eigenvalue weighted by Crippen LogP contribution is -2.39. The van der Waals surface area contributed by atoms with Crippen LogP contribution in [0.3, 0.4) is 0 Å². The molecule has 0 atom stereocenters. The highest BCUT2D eigenvalue weighted by Crippen LogP contribution is 2.30. The Hall–Kier alpha value is -0.810. The van der Waals surface area contributed by atoms with Crippen molar-refractivity contribution < 1.29 is 19.7 Å². The molecule has 0 aromatic carbocycles. The van der Waals surface area contributed by atoms with Crippen molar-refractivity contribution in [3.63, 3.8) is 0 Å². The average molecular weight is 231 g/mol. The number of hydrogen-bond donors (Lipinski definition) is 2. The number of ether oxygens (including phenoxy) is 1. The summed E-state index contributed by atoms with van der Waals surface area (Å²) in [5.41, 5.74) is -1.07. The molecular formula is C11H21NO4. The van der Waals surface area contributed by atoms with E-state index in [0.29, 0.717) is 19.5 Å². The molecule has 0 aromatic heterocycles. The Morgan fingerprint density at radius 2 is 1.94 bits per heavy atom. The molecule has 0 unspecified atom stereocenters. The topological polar surface area (TPSA) is 70.0 Å². The van der Waals surface area contributed by atoms with Crippen molar-refractivity contribution >= 4 is 6.09 Å². The Morgan fingerprint density at radius 3 is 2.31 bits per heavy atom. The van der Waals surface area contributed by atoms with E-state index in [-0.39, 0.29) is 19.3 Å². The number of aliphatic hydroxyl groups excluding tert-OH is 2. The zero-order valence-corrected chi connectivity index (χ0v) is 10.2. The van der Waals surface area contributed by atoms with E-state index in [1.165, 1.54) is 4.90 Å². The fraction of sp³-hybridized carbons (Fsp3) is 0.909. The van der Waals surface area contributed by atoms with Gasteiger partial charge in [0.2, 0.25) is 0 Å². The van der Waals surface area contributed by atoms with Gasteiger partial charge in [0.05, 0.1) is 13.2 Å². The van der Waals surface area contributed by atoms with Gasteiger partial charge in [-0.1, -0.05) is 0 Å². The van der Waals surface area contributed by atoms with Crippen molar-refractivity contribution in [2.24, 2.45) is 5.41 Å².